The lowest BCUT2D eigenvalue weighted by Gasteiger charge is -2.38. The van der Waals surface area contributed by atoms with Gasteiger partial charge in [-0.05, 0) is 182 Å². The Balaban J connectivity index is 0.000000177. The van der Waals surface area contributed by atoms with Crippen LogP contribution in [0.25, 0.3) is 0 Å². The quantitative estimate of drug-likeness (QED) is 0.0456. The first-order valence-electron chi connectivity index (χ1n) is 38.7. The zero-order valence-corrected chi connectivity index (χ0v) is 76.4. The summed E-state index contributed by atoms with van der Waals surface area (Å²) in [5.74, 6) is 0.168. The van der Waals surface area contributed by atoms with E-state index in [1.807, 2.05) is 41.5 Å². The maximum absolute atomic E-state index is 12.7. The van der Waals surface area contributed by atoms with Crippen LogP contribution >= 0.6 is 21.3 Å². The smallest absolute Gasteiger partial charge is 0.383 e. The third-order valence-electron chi connectivity index (χ3n) is 19.3. The third-order valence-corrected chi connectivity index (χ3v) is 24.1. The van der Waals surface area contributed by atoms with Crippen molar-refractivity contribution in [1.82, 2.24) is 38.2 Å². The van der Waals surface area contributed by atoms with Crippen molar-refractivity contribution in [2.75, 3.05) is 32.2 Å². The van der Waals surface area contributed by atoms with Crippen molar-refractivity contribution >= 4 is 50.7 Å². The molecule has 8 bridgehead atoms. The normalized spacial score (nSPS) is 31.2. The zero-order chi connectivity index (χ0) is 87.6. The summed E-state index contributed by atoms with van der Waals surface area (Å²) in [4.78, 5) is 128. The molecule has 12 rings (SSSR count). The Hall–Kier alpha value is -4.47. The fraction of sp³-hybridized carbons (Fsp3) is 0.789. The average molecular weight is 1740 g/mol. The highest BCUT2D eigenvalue weighted by Crippen LogP contribution is 2.62. The lowest BCUT2D eigenvalue weighted by atomic mass is 9.80. The van der Waals surface area contributed by atoms with Crippen molar-refractivity contribution in [3.63, 3.8) is 0 Å². The summed E-state index contributed by atoms with van der Waals surface area (Å²) in [5.41, 5.74) is -2.79. The number of aryl methyl sites for hydroxylation is 4. The van der Waals surface area contributed by atoms with Gasteiger partial charge >= 0.3 is 44.0 Å². The second-order valence-corrected chi connectivity index (χ2v) is 47.3. The van der Waals surface area contributed by atoms with Gasteiger partial charge in [0.05, 0.1) is 48.8 Å². The first-order valence-corrected chi connectivity index (χ1v) is 45.4. The van der Waals surface area contributed by atoms with E-state index in [9.17, 15) is 52.8 Å². The predicted molar refractivity (Wildman–Crippen MR) is 437 cm³/mol. The Bertz CT molecular complexity index is 4720. The van der Waals surface area contributed by atoms with E-state index in [0.29, 0.717) is 48.1 Å². The number of phosphoric acid groups is 1. The molecule has 0 amide bonds. The monoisotopic (exact) mass is 1740 g/mol. The third kappa shape index (κ3) is 22.9. The number of ether oxygens (including phenoxy) is 9. The maximum atomic E-state index is 12.7. The van der Waals surface area contributed by atoms with Gasteiger partial charge in [-0.1, -0.05) is 83.1 Å². The lowest BCUT2D eigenvalue weighted by molar-refractivity contribution is -0.189. The van der Waals surface area contributed by atoms with Crippen molar-refractivity contribution < 1.29 is 89.0 Å². The topological polar surface area (TPSA) is 442 Å². The summed E-state index contributed by atoms with van der Waals surface area (Å²) in [6.45, 7) is 46.9. The fourth-order valence-electron chi connectivity index (χ4n) is 16.3. The van der Waals surface area contributed by atoms with Crippen LogP contribution in [0.1, 0.15) is 239 Å². The van der Waals surface area contributed by atoms with Crippen LogP contribution in [0.4, 0.5) is 5.82 Å². The summed E-state index contributed by atoms with van der Waals surface area (Å²) in [6.07, 6.45) is -0.169. The minimum absolute atomic E-state index is 0.00147. The lowest BCUT2D eigenvalue weighted by Crippen LogP contribution is -2.47. The molecule has 0 aromatic carbocycles. The molecule has 4 aromatic heterocycles. The molecule has 4 aromatic rings. The molecule has 8 N–H and O–H groups in total. The molecule has 35 nitrogen and oxygen atoms in total. The molecular formula is C76H124N9O26P3S2. The largest absolute Gasteiger partial charge is 0.473 e. The van der Waals surface area contributed by atoms with Crippen molar-refractivity contribution in [3.8, 4) is 0 Å². The molecule has 40 heteroatoms. The van der Waals surface area contributed by atoms with Crippen molar-refractivity contribution in [2.45, 2.75) is 338 Å². The first kappa shape index (κ1) is 95.4. The molecule has 0 radical (unpaired) electrons. The average Bonchev–Trinajstić information content (AvgIpc) is 1.58. The molecule has 8 aliphatic rings. The minimum Gasteiger partial charge on any atom is -0.383 e. The molecule has 8 aliphatic heterocycles. The van der Waals surface area contributed by atoms with Gasteiger partial charge in [-0.15, -0.1) is 0 Å². The van der Waals surface area contributed by atoms with Crippen molar-refractivity contribution in [3.05, 3.63) is 120 Å². The Morgan fingerprint density at radius 1 is 0.422 bits per heavy atom. The maximum Gasteiger partial charge on any atom is 0.473 e. The molecule has 656 valence electrons. The molecule has 12 heterocycles. The number of nitrogen functional groups attached to an aromatic ring is 1. The summed E-state index contributed by atoms with van der Waals surface area (Å²) in [5, 5.41) is 0. The van der Waals surface area contributed by atoms with E-state index in [4.69, 9.17) is 99.1 Å². The Morgan fingerprint density at radius 3 is 0.957 bits per heavy atom. The number of nitrogens with zero attached hydrogens (tertiary/aromatic N) is 5. The molecule has 0 saturated carbocycles. The van der Waals surface area contributed by atoms with Crippen LogP contribution in [0.15, 0.2) is 58.3 Å². The van der Waals surface area contributed by atoms with E-state index >= 15 is 0 Å². The van der Waals surface area contributed by atoms with Crippen LogP contribution in [0, 0.1) is 49.4 Å². The fourth-order valence-corrected chi connectivity index (χ4v) is 22.2. The van der Waals surface area contributed by atoms with Gasteiger partial charge in [-0.3, -0.25) is 65.7 Å². The number of hydrogen-bond acceptors (Lipinski definition) is 27. The summed E-state index contributed by atoms with van der Waals surface area (Å²) < 4.78 is 108. The standard InChI is InChI=1S/C19H32N3O6PS.C19H31N2O8P.C19H31N2O7PS.C19H30N2O5/c1-11-8-22(16(23)21-14(11)20)15-12-13(27-29(24,30)28-18(5,6)7)19(26-15,10-25-12)9-17(2,3)4;1-11-8-21(16(23)20-14(11)22)15-12-13(28-30(24,25)29-18(5,6)7)19(27-15,10-26-12)9-17(2,3)4;1-11-8-21(16(23)20-14(11)22)15-12-13(27-29(24,30)28-18(5,6)7)19(26-15,10-25-12)9-17(2,3)4;1-11-8-21(16(23)20-14(11)22)15-12-13(25-18(5,6)7)19(26-15,10-24-12)9-17(2,3)4/h8,12-13,15H,9-10H2,1-7H3,(H,24,30)(H2,20,21,23);8,12-13,15H,9-10H2,1-7H3,(H,24,25)(H,20,22,23);8,12-13,15H,9-10H2,1-7H3,(H,24,30)(H,20,22,23);8,12-13,15H,9-10H2,1-7H3,(H,20,22,23)/t12?,13-,15-,19+,29?;12?,13-,15-,19+;12?,13-,15-,19+,29?;12?,13-,15-,19+/m1111/s1. The van der Waals surface area contributed by atoms with E-state index in [1.165, 1.54) is 36.9 Å². The number of aromatic amines is 3. The number of hydrogen-bond donors (Lipinski definition) is 7. The summed E-state index contributed by atoms with van der Waals surface area (Å²) in [6, 6.07) is 0. The number of phosphoric ester groups is 1. The van der Waals surface area contributed by atoms with Gasteiger partial charge in [-0.2, -0.15) is 4.98 Å². The number of H-pyrrole nitrogens is 3. The number of nitrogens with two attached hydrogens (primary N) is 1. The zero-order valence-electron chi connectivity index (χ0n) is 72.1. The van der Waals surface area contributed by atoms with Crippen LogP contribution in [0.5, 0.6) is 0 Å². The van der Waals surface area contributed by atoms with Gasteiger partial charge in [-0.25, -0.2) is 23.7 Å². The molecule has 8 fully saturated rings. The molecular weight excluding hydrogens is 1610 g/mol. The highest BCUT2D eigenvalue weighted by atomic mass is 32.5. The predicted octanol–water partition coefficient (Wildman–Crippen LogP) is 9.40. The highest BCUT2D eigenvalue weighted by Gasteiger charge is 2.69. The summed E-state index contributed by atoms with van der Waals surface area (Å²) in [7, 11) is -4.46. The molecule has 7 unspecified atom stereocenters. The number of fused-ring (bicyclic) bond motifs is 8. The van der Waals surface area contributed by atoms with E-state index in [0.717, 1.165) is 6.42 Å². The number of aromatic nitrogens is 8. The number of nitrogens with one attached hydrogen (secondary N) is 3. The minimum atomic E-state index is -4.46. The second kappa shape index (κ2) is 33.0. The van der Waals surface area contributed by atoms with Gasteiger partial charge in [0.25, 0.3) is 16.7 Å². The van der Waals surface area contributed by atoms with E-state index < -0.39 is 162 Å². The first-order chi connectivity index (χ1) is 52.4. The van der Waals surface area contributed by atoms with Crippen molar-refractivity contribution in [2.24, 2.45) is 21.7 Å². The van der Waals surface area contributed by atoms with E-state index in [-0.39, 0.29) is 64.6 Å². The summed E-state index contributed by atoms with van der Waals surface area (Å²) >= 11 is 10.6. The van der Waals surface area contributed by atoms with Gasteiger partial charge in [0, 0.05) is 47.0 Å². The molecule has 116 heavy (non-hydrogen) atoms. The highest BCUT2D eigenvalue weighted by molar-refractivity contribution is 8.07. The number of anilines is 1. The molecule has 0 spiro atoms. The Labute approximate surface area is 686 Å². The van der Waals surface area contributed by atoms with E-state index in [1.54, 1.807) is 96.2 Å². The van der Waals surface area contributed by atoms with Crippen LogP contribution in [-0.4, -0.2) is 173 Å². The molecule has 8 saturated heterocycles. The molecule has 19 atom stereocenters. The van der Waals surface area contributed by atoms with Gasteiger partial charge in [0.15, 0.2) is 24.9 Å². The van der Waals surface area contributed by atoms with Crippen LogP contribution in [0.3, 0.4) is 0 Å². The SMILES string of the molecule is Cc1cn([C@@H]2O[C@@]3(CC(C)(C)C)COC2[C@H]3OC(C)(C)C)c(=O)[nH]c1=O.Cc1cn([C@@H]2O[C@@]3(CC(C)(C)C)COC2[C@H]3OP(=O)(O)OC(C)(C)C)c(=O)[nH]c1=O.Cc1cn([C@@H]2O[C@@]3(CC(C)(C)C)COC2[C@H]3OP(O)(=S)OC(C)(C)C)c(=O)[nH]c1=O.Cc1cn([C@@H]2O[C@@]3(CC(C)(C)C)COC2[C@H]3OP(O)(=S)OC(C)(C)C)c(=O)nc1N. The van der Waals surface area contributed by atoms with Gasteiger partial charge in [0.1, 0.15) is 77.1 Å². The van der Waals surface area contributed by atoms with Gasteiger partial charge in [0.2, 0.25) is 0 Å². The van der Waals surface area contributed by atoms with Crippen LogP contribution < -0.4 is 45.2 Å². The number of rotatable bonds is 18. The van der Waals surface area contributed by atoms with Gasteiger partial charge < -0.3 is 72.1 Å². The Morgan fingerprint density at radius 2 is 0.681 bits per heavy atom. The Kier molecular flexibility index (Phi) is 27.1. The van der Waals surface area contributed by atoms with E-state index in [2.05, 4.69) is 82.2 Å². The van der Waals surface area contributed by atoms with Crippen LogP contribution in [-0.2, 0) is 98.0 Å². The van der Waals surface area contributed by atoms with Crippen LogP contribution in [0.2, 0.25) is 0 Å². The molecule has 0 aliphatic carbocycles. The second-order valence-electron chi connectivity index (χ2n) is 40.5. The van der Waals surface area contributed by atoms with Crippen molar-refractivity contribution in [1.29, 1.82) is 0 Å².